The molecule has 84 valence electrons. The van der Waals surface area contributed by atoms with Gasteiger partial charge < -0.3 is 4.90 Å². The fraction of sp³-hybridized carbons (Fsp3) is 0.857. The van der Waals surface area contributed by atoms with Crippen LogP contribution in [0.3, 0.4) is 0 Å². The molecule has 0 spiro atoms. The maximum atomic E-state index is 2.55. The van der Waals surface area contributed by atoms with Crippen molar-refractivity contribution in [2.75, 3.05) is 13.1 Å². The molecular formula is C14H24N+. The standard InChI is InChI=1S/C14H23N/c1-3-11-9-14(2)13-6-4-5-12(13)7-8-15(14)10-11/h11H,3-10H2,1-2H3/p+1/t11-,14-/m0/s1. The van der Waals surface area contributed by atoms with Crippen molar-refractivity contribution in [1.82, 2.24) is 0 Å². The lowest BCUT2D eigenvalue weighted by molar-refractivity contribution is -0.934. The van der Waals surface area contributed by atoms with Gasteiger partial charge in [-0.1, -0.05) is 12.5 Å². The Morgan fingerprint density at radius 3 is 3.00 bits per heavy atom. The Balaban J connectivity index is 1.94. The van der Waals surface area contributed by atoms with Gasteiger partial charge in [0.1, 0.15) is 5.54 Å². The summed E-state index contributed by atoms with van der Waals surface area (Å²) in [4.78, 5) is 1.91. The maximum absolute atomic E-state index is 2.55. The second-order valence-corrected chi connectivity index (χ2v) is 6.05. The number of hydrogen-bond acceptors (Lipinski definition) is 0. The van der Waals surface area contributed by atoms with Gasteiger partial charge in [-0.2, -0.15) is 0 Å². The van der Waals surface area contributed by atoms with Gasteiger partial charge in [0.15, 0.2) is 0 Å². The summed E-state index contributed by atoms with van der Waals surface area (Å²) >= 11 is 0. The van der Waals surface area contributed by atoms with E-state index < -0.39 is 0 Å². The first-order valence-electron chi connectivity index (χ1n) is 6.80. The van der Waals surface area contributed by atoms with E-state index in [0.717, 1.165) is 5.92 Å². The van der Waals surface area contributed by atoms with Crippen LogP contribution >= 0.6 is 0 Å². The third-order valence-electron chi connectivity index (χ3n) is 5.32. The Morgan fingerprint density at radius 2 is 2.20 bits per heavy atom. The van der Waals surface area contributed by atoms with Gasteiger partial charge in [0, 0.05) is 18.8 Å². The predicted molar refractivity (Wildman–Crippen MR) is 63.0 cm³/mol. The molecule has 0 bridgehead atoms. The molecule has 3 rings (SSSR count). The lowest BCUT2D eigenvalue weighted by Gasteiger charge is -2.38. The van der Waals surface area contributed by atoms with Crippen LogP contribution in [0.1, 0.15) is 52.4 Å². The van der Waals surface area contributed by atoms with Crippen molar-refractivity contribution < 1.29 is 4.90 Å². The summed E-state index contributed by atoms with van der Waals surface area (Å²) in [6.07, 6.45) is 8.57. The predicted octanol–water partition coefficient (Wildman–Crippen LogP) is 1.94. The van der Waals surface area contributed by atoms with Gasteiger partial charge in [0.05, 0.1) is 13.1 Å². The van der Waals surface area contributed by atoms with Gasteiger partial charge in [0.25, 0.3) is 0 Å². The number of fused-ring (bicyclic) bond motifs is 2. The summed E-state index contributed by atoms with van der Waals surface area (Å²) < 4.78 is 0. The van der Waals surface area contributed by atoms with Crippen LogP contribution in [0.15, 0.2) is 11.1 Å². The monoisotopic (exact) mass is 206 g/mol. The van der Waals surface area contributed by atoms with Crippen LogP contribution in [-0.4, -0.2) is 18.6 Å². The Morgan fingerprint density at radius 1 is 1.33 bits per heavy atom. The van der Waals surface area contributed by atoms with E-state index in [1.165, 1.54) is 51.6 Å². The van der Waals surface area contributed by atoms with E-state index in [4.69, 9.17) is 0 Å². The molecular weight excluding hydrogens is 182 g/mol. The summed E-state index contributed by atoms with van der Waals surface area (Å²) in [5.74, 6) is 0.998. The molecule has 0 amide bonds. The minimum absolute atomic E-state index is 0.560. The molecule has 3 atom stereocenters. The van der Waals surface area contributed by atoms with Gasteiger partial charge >= 0.3 is 0 Å². The van der Waals surface area contributed by atoms with Crippen LogP contribution < -0.4 is 4.90 Å². The van der Waals surface area contributed by atoms with Crippen LogP contribution in [0.25, 0.3) is 0 Å². The van der Waals surface area contributed by atoms with Gasteiger partial charge in [0.2, 0.25) is 0 Å². The summed E-state index contributed by atoms with van der Waals surface area (Å²) in [7, 11) is 0. The van der Waals surface area contributed by atoms with Gasteiger partial charge in [-0.25, -0.2) is 0 Å². The molecule has 1 aliphatic carbocycles. The lowest BCUT2D eigenvalue weighted by atomic mass is 9.81. The van der Waals surface area contributed by atoms with E-state index in [-0.39, 0.29) is 0 Å². The third-order valence-corrected chi connectivity index (χ3v) is 5.32. The highest BCUT2D eigenvalue weighted by Crippen LogP contribution is 2.41. The summed E-state index contributed by atoms with van der Waals surface area (Å²) in [6, 6.07) is 0. The number of rotatable bonds is 1. The van der Waals surface area contributed by atoms with Crippen LogP contribution in [-0.2, 0) is 0 Å². The van der Waals surface area contributed by atoms with Crippen molar-refractivity contribution in [1.29, 1.82) is 0 Å². The van der Waals surface area contributed by atoms with Crippen LogP contribution in [0, 0.1) is 5.92 Å². The summed E-state index contributed by atoms with van der Waals surface area (Å²) in [5, 5.41) is 0. The quantitative estimate of drug-likeness (QED) is 0.625. The first-order valence-corrected chi connectivity index (χ1v) is 6.80. The number of quaternary nitrogens is 1. The van der Waals surface area contributed by atoms with Crippen LogP contribution in [0.4, 0.5) is 0 Å². The van der Waals surface area contributed by atoms with Crippen LogP contribution in [0.5, 0.6) is 0 Å². The minimum Gasteiger partial charge on any atom is -0.326 e. The van der Waals surface area contributed by atoms with E-state index >= 15 is 0 Å². The second-order valence-electron chi connectivity index (χ2n) is 6.05. The molecule has 0 aromatic carbocycles. The zero-order valence-corrected chi connectivity index (χ0v) is 10.2. The molecule has 0 aromatic rings. The summed E-state index contributed by atoms with van der Waals surface area (Å²) in [6.45, 7) is 7.79. The lowest BCUT2D eigenvalue weighted by Crippen LogP contribution is -3.18. The number of hydrogen-bond donors (Lipinski definition) is 1. The SMILES string of the molecule is CC[C@@H]1C[NH+]2CCC3=C(CCC3)[C@]2(C)C1. The Labute approximate surface area is 93.5 Å². The molecule has 1 nitrogen and oxygen atoms in total. The normalized spacial score (nSPS) is 44.4. The van der Waals surface area contributed by atoms with E-state index in [0.29, 0.717) is 5.54 Å². The molecule has 0 aromatic heterocycles. The number of nitrogens with one attached hydrogen (secondary N) is 1. The molecule has 2 heterocycles. The highest BCUT2D eigenvalue weighted by molar-refractivity contribution is 5.30. The van der Waals surface area contributed by atoms with E-state index in [1.807, 2.05) is 16.0 Å². The highest BCUT2D eigenvalue weighted by atomic mass is 15.2. The van der Waals surface area contributed by atoms with E-state index in [9.17, 15) is 0 Å². The van der Waals surface area contributed by atoms with Crippen molar-refractivity contribution >= 4 is 0 Å². The fourth-order valence-electron chi connectivity index (χ4n) is 4.42. The average Bonchev–Trinajstić information content (AvgIpc) is 2.80. The largest absolute Gasteiger partial charge is 0.326 e. The van der Waals surface area contributed by atoms with Crippen LogP contribution in [0.2, 0.25) is 0 Å². The smallest absolute Gasteiger partial charge is 0.117 e. The molecule has 1 saturated heterocycles. The minimum atomic E-state index is 0.560. The molecule has 3 aliphatic rings. The van der Waals surface area contributed by atoms with E-state index in [1.54, 1.807) is 0 Å². The van der Waals surface area contributed by atoms with Gasteiger partial charge in [-0.15, -0.1) is 0 Å². The molecule has 1 N–H and O–H groups in total. The highest BCUT2D eigenvalue weighted by Gasteiger charge is 2.51. The molecule has 0 radical (unpaired) electrons. The fourth-order valence-corrected chi connectivity index (χ4v) is 4.42. The molecule has 0 saturated carbocycles. The van der Waals surface area contributed by atoms with Crippen molar-refractivity contribution in [2.45, 2.75) is 57.9 Å². The van der Waals surface area contributed by atoms with Crippen molar-refractivity contribution in [2.24, 2.45) is 5.92 Å². The molecule has 1 fully saturated rings. The molecule has 15 heavy (non-hydrogen) atoms. The molecule has 1 unspecified atom stereocenters. The second kappa shape index (κ2) is 3.35. The Hall–Kier alpha value is -0.300. The van der Waals surface area contributed by atoms with Crippen molar-refractivity contribution in [3.63, 3.8) is 0 Å². The third kappa shape index (κ3) is 1.32. The Kier molecular flexibility index (Phi) is 2.21. The van der Waals surface area contributed by atoms with E-state index in [2.05, 4.69) is 13.8 Å². The first kappa shape index (κ1) is 9.89. The first-order chi connectivity index (χ1) is 7.24. The Bertz CT molecular complexity index is 304. The topological polar surface area (TPSA) is 4.44 Å². The van der Waals surface area contributed by atoms with Gasteiger partial charge in [-0.3, -0.25) is 0 Å². The zero-order chi connectivity index (χ0) is 10.5. The molecule has 2 aliphatic heterocycles. The summed E-state index contributed by atoms with van der Waals surface area (Å²) in [5.41, 5.74) is 4.31. The average molecular weight is 206 g/mol. The maximum Gasteiger partial charge on any atom is 0.117 e. The van der Waals surface area contributed by atoms with Crippen molar-refractivity contribution in [3.05, 3.63) is 11.1 Å². The van der Waals surface area contributed by atoms with Gasteiger partial charge in [-0.05, 0) is 38.2 Å². The zero-order valence-electron chi connectivity index (χ0n) is 10.2. The molecule has 1 heteroatoms. The van der Waals surface area contributed by atoms with Crippen molar-refractivity contribution in [3.8, 4) is 0 Å².